The fourth-order valence-corrected chi connectivity index (χ4v) is 2.49. The maximum absolute atomic E-state index is 12.1. The third-order valence-electron chi connectivity index (χ3n) is 3.70. The summed E-state index contributed by atoms with van der Waals surface area (Å²) in [6.07, 6.45) is 1.71. The SMILES string of the molecule is CC(C)=CC(=O)N1CCN(c2cc(C)nc(C(C)C)n2)CC1. The number of piperazine rings is 1. The summed E-state index contributed by atoms with van der Waals surface area (Å²) in [5.74, 6) is 2.30. The quantitative estimate of drug-likeness (QED) is 0.805. The Hall–Kier alpha value is -1.91. The van der Waals surface area contributed by atoms with Gasteiger partial charge in [0.15, 0.2) is 0 Å². The van der Waals surface area contributed by atoms with E-state index in [4.69, 9.17) is 0 Å². The fourth-order valence-electron chi connectivity index (χ4n) is 2.49. The molecule has 1 amide bonds. The molecule has 0 aromatic carbocycles. The van der Waals surface area contributed by atoms with Gasteiger partial charge in [-0.25, -0.2) is 9.97 Å². The summed E-state index contributed by atoms with van der Waals surface area (Å²) in [5.41, 5.74) is 2.04. The minimum absolute atomic E-state index is 0.112. The van der Waals surface area contributed by atoms with Gasteiger partial charge in [0.1, 0.15) is 11.6 Å². The molecule has 2 heterocycles. The molecule has 0 bridgehead atoms. The first-order chi connectivity index (χ1) is 10.4. The number of hydrogen-bond acceptors (Lipinski definition) is 4. The van der Waals surface area contributed by atoms with E-state index in [1.165, 1.54) is 0 Å². The summed E-state index contributed by atoms with van der Waals surface area (Å²) in [6.45, 7) is 13.2. The van der Waals surface area contributed by atoms with E-state index < -0.39 is 0 Å². The second-order valence-corrected chi connectivity index (χ2v) is 6.41. The Morgan fingerprint density at radius 3 is 2.36 bits per heavy atom. The minimum atomic E-state index is 0.112. The Labute approximate surface area is 133 Å². The molecule has 0 radical (unpaired) electrons. The largest absolute Gasteiger partial charge is 0.353 e. The molecule has 1 aromatic heterocycles. The lowest BCUT2D eigenvalue weighted by Gasteiger charge is -2.35. The molecule has 2 rings (SSSR count). The van der Waals surface area contributed by atoms with Gasteiger partial charge in [0.05, 0.1) is 0 Å². The second-order valence-electron chi connectivity index (χ2n) is 6.41. The van der Waals surface area contributed by atoms with Crippen molar-refractivity contribution in [2.45, 2.75) is 40.5 Å². The van der Waals surface area contributed by atoms with Crippen molar-refractivity contribution in [3.8, 4) is 0 Å². The number of amides is 1. The summed E-state index contributed by atoms with van der Waals surface area (Å²) < 4.78 is 0. The lowest BCUT2D eigenvalue weighted by atomic mass is 10.2. The molecule has 1 fully saturated rings. The molecule has 120 valence electrons. The smallest absolute Gasteiger partial charge is 0.246 e. The molecule has 5 heteroatoms. The topological polar surface area (TPSA) is 49.3 Å². The standard InChI is InChI=1S/C17H26N4O/c1-12(2)10-16(22)21-8-6-20(7-9-21)15-11-14(5)18-17(19-15)13(3)4/h10-11,13H,6-9H2,1-5H3. The van der Waals surface area contributed by atoms with Crippen LogP contribution in [0.5, 0.6) is 0 Å². The van der Waals surface area contributed by atoms with Gasteiger partial charge >= 0.3 is 0 Å². The highest BCUT2D eigenvalue weighted by Crippen LogP contribution is 2.18. The number of rotatable bonds is 3. The zero-order valence-corrected chi connectivity index (χ0v) is 14.3. The molecule has 1 aromatic rings. The van der Waals surface area contributed by atoms with Gasteiger partial charge in [-0.15, -0.1) is 0 Å². The summed E-state index contributed by atoms with van der Waals surface area (Å²) in [4.78, 5) is 25.4. The van der Waals surface area contributed by atoms with Gasteiger partial charge in [0.25, 0.3) is 0 Å². The van der Waals surface area contributed by atoms with Crippen molar-refractivity contribution in [2.75, 3.05) is 31.1 Å². The van der Waals surface area contributed by atoms with Gasteiger partial charge in [0, 0.05) is 49.9 Å². The highest BCUT2D eigenvalue weighted by Gasteiger charge is 2.21. The number of carbonyl (C=O) groups is 1. The van der Waals surface area contributed by atoms with Crippen molar-refractivity contribution in [3.63, 3.8) is 0 Å². The maximum Gasteiger partial charge on any atom is 0.246 e. The fraction of sp³-hybridized carbons (Fsp3) is 0.588. The number of allylic oxidation sites excluding steroid dienone is 1. The van der Waals surface area contributed by atoms with E-state index in [9.17, 15) is 4.79 Å². The van der Waals surface area contributed by atoms with Crippen molar-refractivity contribution in [1.82, 2.24) is 14.9 Å². The van der Waals surface area contributed by atoms with Gasteiger partial charge in [-0.3, -0.25) is 4.79 Å². The van der Waals surface area contributed by atoms with Gasteiger partial charge in [-0.1, -0.05) is 19.4 Å². The first-order valence-corrected chi connectivity index (χ1v) is 7.91. The number of nitrogens with zero attached hydrogens (tertiary/aromatic N) is 4. The van der Waals surface area contributed by atoms with Crippen LogP contribution in [0.2, 0.25) is 0 Å². The van der Waals surface area contributed by atoms with Crippen molar-refractivity contribution >= 4 is 11.7 Å². The van der Waals surface area contributed by atoms with Crippen LogP contribution in [0.25, 0.3) is 0 Å². The number of aryl methyl sites for hydroxylation is 1. The molecule has 0 saturated carbocycles. The predicted octanol–water partition coefficient (Wildman–Crippen LogP) is 2.52. The van der Waals surface area contributed by atoms with E-state index in [1.807, 2.05) is 31.7 Å². The number of aromatic nitrogens is 2. The monoisotopic (exact) mass is 302 g/mol. The highest BCUT2D eigenvalue weighted by molar-refractivity contribution is 5.88. The minimum Gasteiger partial charge on any atom is -0.353 e. The van der Waals surface area contributed by atoms with Gasteiger partial charge in [-0.2, -0.15) is 0 Å². The van der Waals surface area contributed by atoms with Crippen LogP contribution < -0.4 is 4.90 Å². The Balaban J connectivity index is 2.06. The van der Waals surface area contributed by atoms with Crippen LogP contribution in [0.15, 0.2) is 17.7 Å². The molecule has 1 aliphatic rings. The Morgan fingerprint density at radius 1 is 1.18 bits per heavy atom. The lowest BCUT2D eigenvalue weighted by molar-refractivity contribution is -0.126. The lowest BCUT2D eigenvalue weighted by Crippen LogP contribution is -2.48. The van der Waals surface area contributed by atoms with Crippen LogP contribution in [-0.2, 0) is 4.79 Å². The van der Waals surface area contributed by atoms with E-state index in [0.29, 0.717) is 5.92 Å². The van der Waals surface area contributed by atoms with E-state index in [0.717, 1.165) is 49.1 Å². The predicted molar refractivity (Wildman–Crippen MR) is 89.1 cm³/mol. The molecule has 0 atom stereocenters. The Kier molecular flexibility index (Phi) is 5.16. The van der Waals surface area contributed by atoms with Gasteiger partial charge in [0.2, 0.25) is 5.91 Å². The summed E-state index contributed by atoms with van der Waals surface area (Å²) >= 11 is 0. The molecule has 0 unspecified atom stereocenters. The first kappa shape index (κ1) is 16.5. The maximum atomic E-state index is 12.1. The molecule has 22 heavy (non-hydrogen) atoms. The summed E-state index contributed by atoms with van der Waals surface area (Å²) in [6, 6.07) is 2.03. The first-order valence-electron chi connectivity index (χ1n) is 7.91. The van der Waals surface area contributed by atoms with Crippen LogP contribution in [0.4, 0.5) is 5.82 Å². The van der Waals surface area contributed by atoms with Crippen LogP contribution >= 0.6 is 0 Å². The Bertz CT molecular complexity index is 568. The van der Waals surface area contributed by atoms with E-state index >= 15 is 0 Å². The van der Waals surface area contributed by atoms with E-state index in [2.05, 4.69) is 28.7 Å². The molecular formula is C17H26N4O. The number of carbonyl (C=O) groups excluding carboxylic acids is 1. The van der Waals surface area contributed by atoms with Gasteiger partial charge in [-0.05, 0) is 20.8 Å². The average Bonchev–Trinajstić information content (AvgIpc) is 2.46. The average molecular weight is 302 g/mol. The summed E-state index contributed by atoms with van der Waals surface area (Å²) in [5, 5.41) is 0. The van der Waals surface area contributed by atoms with Crippen molar-refractivity contribution in [1.29, 1.82) is 0 Å². The zero-order valence-electron chi connectivity index (χ0n) is 14.3. The number of hydrogen-bond donors (Lipinski definition) is 0. The molecule has 0 spiro atoms. The third kappa shape index (κ3) is 4.06. The van der Waals surface area contributed by atoms with Crippen LogP contribution in [0.1, 0.15) is 45.1 Å². The van der Waals surface area contributed by atoms with Gasteiger partial charge < -0.3 is 9.80 Å². The molecule has 1 saturated heterocycles. The van der Waals surface area contributed by atoms with Crippen LogP contribution in [0.3, 0.4) is 0 Å². The molecule has 5 nitrogen and oxygen atoms in total. The van der Waals surface area contributed by atoms with E-state index in [-0.39, 0.29) is 5.91 Å². The van der Waals surface area contributed by atoms with Crippen LogP contribution in [0, 0.1) is 6.92 Å². The molecule has 0 N–H and O–H groups in total. The highest BCUT2D eigenvalue weighted by atomic mass is 16.2. The molecular weight excluding hydrogens is 276 g/mol. The molecule has 1 aliphatic heterocycles. The normalized spacial score (nSPS) is 15.2. The second kappa shape index (κ2) is 6.90. The number of anilines is 1. The van der Waals surface area contributed by atoms with Crippen molar-refractivity contribution in [2.24, 2.45) is 0 Å². The summed E-state index contributed by atoms with van der Waals surface area (Å²) in [7, 11) is 0. The van der Waals surface area contributed by atoms with Crippen LogP contribution in [-0.4, -0.2) is 47.0 Å². The van der Waals surface area contributed by atoms with Crippen molar-refractivity contribution in [3.05, 3.63) is 29.2 Å². The molecule has 0 aliphatic carbocycles. The Morgan fingerprint density at radius 2 is 1.82 bits per heavy atom. The van der Waals surface area contributed by atoms with Crippen molar-refractivity contribution < 1.29 is 4.79 Å². The van der Waals surface area contributed by atoms with E-state index in [1.54, 1.807) is 6.08 Å². The third-order valence-corrected chi connectivity index (χ3v) is 3.70. The zero-order chi connectivity index (χ0) is 16.3.